The summed E-state index contributed by atoms with van der Waals surface area (Å²) in [5, 5.41) is 0. The Morgan fingerprint density at radius 3 is 2.12 bits per heavy atom. The number of unbranched alkanes of at least 4 members (excludes halogenated alkanes) is 4. The van der Waals surface area contributed by atoms with Gasteiger partial charge in [-0.2, -0.15) is 0 Å². The molecule has 1 nitrogen and oxygen atoms in total. The summed E-state index contributed by atoms with van der Waals surface area (Å²) in [5.41, 5.74) is 6.82. The molecule has 0 fully saturated rings. The standard InChI is InChI=1S/C7H15N/c1-2-3-4-5-6-7-8/h8H,1-7H2. The summed E-state index contributed by atoms with van der Waals surface area (Å²) in [6.07, 6.45) is 5.85. The Morgan fingerprint density at radius 2 is 1.62 bits per heavy atom. The van der Waals surface area contributed by atoms with E-state index in [-0.39, 0.29) is 0 Å². The molecule has 0 aromatic rings. The minimum atomic E-state index is 0.594. The van der Waals surface area contributed by atoms with Gasteiger partial charge in [0.1, 0.15) is 0 Å². The van der Waals surface area contributed by atoms with Crippen molar-refractivity contribution in [3.63, 3.8) is 0 Å². The second-order valence-electron chi connectivity index (χ2n) is 2.02. The van der Waals surface area contributed by atoms with Crippen LogP contribution in [0, 0.1) is 6.92 Å². The number of hydrogen-bond donors (Lipinski definition) is 0. The lowest BCUT2D eigenvalue weighted by molar-refractivity contribution is 0.648. The average Bonchev–Trinajstić information content (AvgIpc) is 1.81. The monoisotopic (exact) mass is 113 g/mol. The highest BCUT2D eigenvalue weighted by Crippen LogP contribution is 2.00. The zero-order chi connectivity index (χ0) is 6.24. The lowest BCUT2D eigenvalue weighted by atomic mass is 10.2. The second-order valence-corrected chi connectivity index (χ2v) is 2.02. The molecule has 0 saturated carbocycles. The topological polar surface area (TPSA) is 23.8 Å². The fourth-order valence-corrected chi connectivity index (χ4v) is 0.655. The summed E-state index contributed by atoms with van der Waals surface area (Å²) in [7, 11) is 0. The van der Waals surface area contributed by atoms with Crippen LogP contribution in [0.1, 0.15) is 32.1 Å². The summed E-state index contributed by atoms with van der Waals surface area (Å²) in [4.78, 5) is 0. The molecule has 0 heterocycles. The van der Waals surface area contributed by atoms with E-state index in [1.165, 1.54) is 19.3 Å². The Kier molecular flexibility index (Phi) is 6.93. The van der Waals surface area contributed by atoms with Crippen LogP contribution in [0.25, 0.3) is 0 Å². The molecule has 2 radical (unpaired) electrons. The van der Waals surface area contributed by atoms with E-state index in [0.29, 0.717) is 6.54 Å². The molecule has 0 atom stereocenters. The van der Waals surface area contributed by atoms with E-state index in [1.54, 1.807) is 0 Å². The van der Waals surface area contributed by atoms with Crippen LogP contribution in [0.15, 0.2) is 0 Å². The molecular weight excluding hydrogens is 98.1 g/mol. The van der Waals surface area contributed by atoms with Gasteiger partial charge in [-0.15, -0.1) is 0 Å². The van der Waals surface area contributed by atoms with Gasteiger partial charge in [-0.25, -0.2) is 0 Å². The molecule has 1 N–H and O–H groups in total. The van der Waals surface area contributed by atoms with Crippen molar-refractivity contribution in [3.05, 3.63) is 6.92 Å². The van der Waals surface area contributed by atoms with E-state index in [0.717, 1.165) is 12.8 Å². The van der Waals surface area contributed by atoms with E-state index in [1.807, 2.05) is 0 Å². The molecule has 0 aliphatic carbocycles. The molecule has 0 spiro atoms. The van der Waals surface area contributed by atoms with Gasteiger partial charge in [0.2, 0.25) is 0 Å². The molecule has 0 aromatic heterocycles. The zero-order valence-corrected chi connectivity index (χ0v) is 5.45. The van der Waals surface area contributed by atoms with Crippen molar-refractivity contribution in [2.24, 2.45) is 0 Å². The Morgan fingerprint density at radius 1 is 1.00 bits per heavy atom. The molecule has 0 amide bonds. The van der Waals surface area contributed by atoms with E-state index in [2.05, 4.69) is 6.92 Å². The summed E-state index contributed by atoms with van der Waals surface area (Å²) < 4.78 is 0. The van der Waals surface area contributed by atoms with Crippen LogP contribution in [-0.2, 0) is 0 Å². The maximum atomic E-state index is 6.82. The van der Waals surface area contributed by atoms with Crippen molar-refractivity contribution < 1.29 is 0 Å². The molecule has 0 aliphatic heterocycles. The maximum Gasteiger partial charge on any atom is 0.00997 e. The largest absolute Gasteiger partial charge is 0.258 e. The highest BCUT2D eigenvalue weighted by atomic mass is 14.5. The number of hydrogen-bond acceptors (Lipinski definition) is 0. The summed E-state index contributed by atoms with van der Waals surface area (Å²) in [5.74, 6) is 0. The van der Waals surface area contributed by atoms with Crippen molar-refractivity contribution in [1.29, 1.82) is 0 Å². The predicted octanol–water partition coefficient (Wildman–Crippen LogP) is 2.05. The summed E-state index contributed by atoms with van der Waals surface area (Å²) in [6.45, 7) is 4.33. The molecule has 0 aliphatic rings. The van der Waals surface area contributed by atoms with E-state index in [9.17, 15) is 0 Å². The minimum Gasteiger partial charge on any atom is -0.258 e. The Balaban J connectivity index is 2.53. The fourth-order valence-electron chi connectivity index (χ4n) is 0.655. The van der Waals surface area contributed by atoms with Crippen LogP contribution in [0.5, 0.6) is 0 Å². The highest BCUT2D eigenvalue weighted by molar-refractivity contribution is 4.44. The first-order chi connectivity index (χ1) is 3.91. The molecule has 8 heavy (non-hydrogen) atoms. The normalized spacial score (nSPS) is 9.75. The van der Waals surface area contributed by atoms with Crippen molar-refractivity contribution >= 4 is 0 Å². The minimum absolute atomic E-state index is 0.594. The third-order valence-electron chi connectivity index (χ3n) is 1.18. The van der Waals surface area contributed by atoms with Gasteiger partial charge >= 0.3 is 0 Å². The Labute approximate surface area is 52.3 Å². The van der Waals surface area contributed by atoms with Crippen LogP contribution in [0.4, 0.5) is 0 Å². The Bertz CT molecular complexity index is 29.4. The lowest BCUT2D eigenvalue weighted by Crippen LogP contribution is -1.84. The van der Waals surface area contributed by atoms with Gasteiger partial charge in [0.25, 0.3) is 0 Å². The highest BCUT2D eigenvalue weighted by Gasteiger charge is 1.83. The first-order valence-corrected chi connectivity index (χ1v) is 3.35. The third-order valence-corrected chi connectivity index (χ3v) is 1.18. The Hall–Kier alpha value is -0.0400. The fraction of sp³-hybridized carbons (Fsp3) is 0.857. The van der Waals surface area contributed by atoms with Gasteiger partial charge < -0.3 is 0 Å². The van der Waals surface area contributed by atoms with Gasteiger partial charge in [-0.1, -0.05) is 32.6 Å². The molecule has 0 unspecified atom stereocenters. The van der Waals surface area contributed by atoms with Gasteiger partial charge in [0.05, 0.1) is 0 Å². The molecule has 0 aromatic carbocycles. The van der Waals surface area contributed by atoms with Gasteiger partial charge in [0.15, 0.2) is 0 Å². The zero-order valence-electron chi connectivity index (χ0n) is 5.45. The molecule has 0 bridgehead atoms. The SMILES string of the molecule is [CH2]CCCCCC[NH]. The first kappa shape index (κ1) is 7.96. The van der Waals surface area contributed by atoms with Gasteiger partial charge in [-0.3, -0.25) is 5.73 Å². The summed E-state index contributed by atoms with van der Waals surface area (Å²) in [6, 6.07) is 0. The molecule has 0 saturated heterocycles. The van der Waals surface area contributed by atoms with Crippen LogP contribution < -0.4 is 5.73 Å². The second kappa shape index (κ2) is 6.96. The van der Waals surface area contributed by atoms with Crippen LogP contribution in [0.3, 0.4) is 0 Å². The van der Waals surface area contributed by atoms with Crippen molar-refractivity contribution in [2.45, 2.75) is 32.1 Å². The molecule has 1 heteroatoms. The number of rotatable bonds is 5. The smallest absolute Gasteiger partial charge is 0.00997 e. The van der Waals surface area contributed by atoms with Crippen LogP contribution in [-0.4, -0.2) is 6.54 Å². The van der Waals surface area contributed by atoms with E-state index < -0.39 is 0 Å². The molecule has 48 valence electrons. The molecular formula is C7H15N. The van der Waals surface area contributed by atoms with Crippen LogP contribution >= 0.6 is 0 Å². The van der Waals surface area contributed by atoms with E-state index >= 15 is 0 Å². The number of nitrogens with one attached hydrogen (secondary N) is 1. The van der Waals surface area contributed by atoms with Crippen molar-refractivity contribution in [1.82, 2.24) is 5.73 Å². The van der Waals surface area contributed by atoms with Gasteiger partial charge in [-0.05, 0) is 6.42 Å². The van der Waals surface area contributed by atoms with Gasteiger partial charge in [0, 0.05) is 6.54 Å². The molecule has 0 rings (SSSR count). The van der Waals surface area contributed by atoms with Crippen molar-refractivity contribution in [3.8, 4) is 0 Å². The van der Waals surface area contributed by atoms with Crippen molar-refractivity contribution in [2.75, 3.05) is 6.54 Å². The quantitative estimate of drug-likeness (QED) is 0.487. The predicted molar refractivity (Wildman–Crippen MR) is 36.4 cm³/mol. The maximum absolute atomic E-state index is 6.82. The average molecular weight is 113 g/mol. The first-order valence-electron chi connectivity index (χ1n) is 3.35. The van der Waals surface area contributed by atoms with E-state index in [4.69, 9.17) is 5.73 Å². The summed E-state index contributed by atoms with van der Waals surface area (Å²) >= 11 is 0. The lowest BCUT2D eigenvalue weighted by Gasteiger charge is -1.93. The van der Waals surface area contributed by atoms with Crippen LogP contribution in [0.2, 0.25) is 0 Å². The third kappa shape index (κ3) is 5.96.